The van der Waals surface area contributed by atoms with Gasteiger partial charge in [0.2, 0.25) is 0 Å². The average Bonchev–Trinajstić information content (AvgIpc) is 2.76. The van der Waals surface area contributed by atoms with Gasteiger partial charge in [-0.1, -0.05) is 35.9 Å². The van der Waals surface area contributed by atoms with E-state index in [2.05, 4.69) is 33.4 Å². The summed E-state index contributed by atoms with van der Waals surface area (Å²) < 4.78 is 5.74. The largest absolute Gasteiger partial charge is 0.491 e. The molecule has 2 N–H and O–H groups in total. The minimum atomic E-state index is -0.129. The number of hydrogen-bond acceptors (Lipinski definition) is 4. The van der Waals surface area contributed by atoms with Gasteiger partial charge in [-0.15, -0.1) is 0 Å². The summed E-state index contributed by atoms with van der Waals surface area (Å²) >= 11 is 6.17. The molecule has 2 aromatic carbocycles. The number of carbonyl (C=O) groups excluding carboxylic acids is 1. The molecule has 30 heavy (non-hydrogen) atoms. The third-order valence-electron chi connectivity index (χ3n) is 5.81. The van der Waals surface area contributed by atoms with E-state index in [4.69, 9.17) is 16.3 Å². The summed E-state index contributed by atoms with van der Waals surface area (Å²) in [6.45, 7) is 7.99. The molecule has 4 rings (SSSR count). The van der Waals surface area contributed by atoms with Gasteiger partial charge in [0.05, 0.1) is 6.04 Å². The second-order valence-corrected chi connectivity index (χ2v) is 8.42. The van der Waals surface area contributed by atoms with Crippen molar-refractivity contribution in [2.45, 2.75) is 19.4 Å². The highest BCUT2D eigenvalue weighted by atomic mass is 35.5. The number of carbonyl (C=O) groups is 1. The fraction of sp³-hybridized carbons (Fsp3) is 0.435. The van der Waals surface area contributed by atoms with E-state index in [-0.39, 0.29) is 12.1 Å². The molecule has 1 fully saturated rings. The Morgan fingerprint density at radius 2 is 1.97 bits per heavy atom. The van der Waals surface area contributed by atoms with Crippen molar-refractivity contribution in [3.8, 4) is 5.75 Å². The maximum atomic E-state index is 12.3. The molecule has 2 aliphatic rings. The number of halogens is 1. The standard InChI is InChI=1S/C23H29ClN4O2/c1-17-6-7-19(24)15-21(17)28-12-10-27(11-13-28)9-8-25-23(29)26-20-14-18-4-2-3-5-22(18)30-16-20/h2-7,15,20H,8-14,16H2,1H3,(H2,25,26,29). The van der Waals surface area contributed by atoms with Crippen LogP contribution in [0.2, 0.25) is 5.02 Å². The summed E-state index contributed by atoms with van der Waals surface area (Å²) in [5, 5.41) is 6.78. The van der Waals surface area contributed by atoms with Gasteiger partial charge in [0.1, 0.15) is 12.4 Å². The first-order valence-corrected chi connectivity index (χ1v) is 10.9. The maximum Gasteiger partial charge on any atom is 0.315 e. The number of nitrogens with one attached hydrogen (secondary N) is 2. The zero-order valence-corrected chi connectivity index (χ0v) is 18.1. The minimum Gasteiger partial charge on any atom is -0.491 e. The highest BCUT2D eigenvalue weighted by Crippen LogP contribution is 2.25. The predicted octanol–water partition coefficient (Wildman–Crippen LogP) is 3.07. The number of ether oxygens (including phenoxy) is 1. The number of hydrogen-bond donors (Lipinski definition) is 2. The molecule has 160 valence electrons. The first-order valence-electron chi connectivity index (χ1n) is 10.6. The van der Waals surface area contributed by atoms with Crippen LogP contribution in [0.5, 0.6) is 5.75 Å². The molecule has 0 aliphatic carbocycles. The van der Waals surface area contributed by atoms with Crippen LogP contribution in [0.25, 0.3) is 0 Å². The van der Waals surface area contributed by atoms with Crippen LogP contribution in [0.15, 0.2) is 42.5 Å². The van der Waals surface area contributed by atoms with Gasteiger partial charge in [0.25, 0.3) is 0 Å². The number of rotatable bonds is 5. The molecule has 2 heterocycles. The normalized spacial score (nSPS) is 19.0. The lowest BCUT2D eigenvalue weighted by Crippen LogP contribution is -2.51. The van der Waals surface area contributed by atoms with Gasteiger partial charge < -0.3 is 20.3 Å². The Labute approximate surface area is 183 Å². The van der Waals surface area contributed by atoms with Crippen molar-refractivity contribution in [3.05, 3.63) is 58.6 Å². The lowest BCUT2D eigenvalue weighted by Gasteiger charge is -2.37. The summed E-state index contributed by atoms with van der Waals surface area (Å²) in [6, 6.07) is 13.9. The van der Waals surface area contributed by atoms with Crippen LogP contribution < -0.4 is 20.3 Å². The lowest BCUT2D eigenvalue weighted by atomic mass is 10.0. The van der Waals surface area contributed by atoms with Crippen LogP contribution >= 0.6 is 11.6 Å². The summed E-state index contributed by atoms with van der Waals surface area (Å²) in [7, 11) is 0. The van der Waals surface area contributed by atoms with Gasteiger partial charge in [-0.25, -0.2) is 4.79 Å². The van der Waals surface area contributed by atoms with Crippen molar-refractivity contribution < 1.29 is 9.53 Å². The Bertz CT molecular complexity index is 883. The molecule has 0 bridgehead atoms. The highest BCUT2D eigenvalue weighted by Gasteiger charge is 2.21. The molecular weight excluding hydrogens is 400 g/mol. The SMILES string of the molecule is Cc1ccc(Cl)cc1N1CCN(CCNC(=O)NC2COc3ccccc3C2)CC1. The molecule has 0 spiro atoms. The molecule has 2 aliphatic heterocycles. The molecule has 0 radical (unpaired) electrons. The second-order valence-electron chi connectivity index (χ2n) is 7.98. The highest BCUT2D eigenvalue weighted by molar-refractivity contribution is 6.30. The van der Waals surface area contributed by atoms with Crippen LogP contribution in [0.4, 0.5) is 10.5 Å². The summed E-state index contributed by atoms with van der Waals surface area (Å²) in [5.74, 6) is 0.920. The number of benzene rings is 2. The molecular formula is C23H29ClN4O2. The monoisotopic (exact) mass is 428 g/mol. The Kier molecular flexibility index (Phi) is 6.65. The number of aryl methyl sites for hydroxylation is 1. The minimum absolute atomic E-state index is 0.00406. The van der Waals surface area contributed by atoms with E-state index in [1.807, 2.05) is 36.4 Å². The number of urea groups is 1. The Balaban J connectivity index is 1.16. The van der Waals surface area contributed by atoms with Gasteiger partial charge in [-0.3, -0.25) is 4.90 Å². The van der Waals surface area contributed by atoms with Crippen LogP contribution in [0.3, 0.4) is 0 Å². The Morgan fingerprint density at radius 3 is 2.80 bits per heavy atom. The topological polar surface area (TPSA) is 56.8 Å². The number of para-hydroxylation sites is 1. The zero-order chi connectivity index (χ0) is 20.9. The van der Waals surface area contributed by atoms with Crippen molar-refractivity contribution in [3.63, 3.8) is 0 Å². The molecule has 6 nitrogen and oxygen atoms in total. The van der Waals surface area contributed by atoms with Crippen LogP contribution in [0, 0.1) is 6.92 Å². The molecule has 7 heteroatoms. The third-order valence-corrected chi connectivity index (χ3v) is 6.05. The molecule has 1 atom stereocenters. The first-order chi connectivity index (χ1) is 14.6. The quantitative estimate of drug-likeness (QED) is 0.768. The number of amides is 2. The van der Waals surface area contributed by atoms with E-state index in [1.54, 1.807) is 0 Å². The van der Waals surface area contributed by atoms with Gasteiger partial charge >= 0.3 is 6.03 Å². The van der Waals surface area contributed by atoms with Crippen molar-refractivity contribution in [2.24, 2.45) is 0 Å². The molecule has 2 amide bonds. The number of fused-ring (bicyclic) bond motifs is 1. The molecule has 2 aromatic rings. The zero-order valence-electron chi connectivity index (χ0n) is 17.4. The van der Waals surface area contributed by atoms with E-state index in [0.717, 1.165) is 55.5 Å². The van der Waals surface area contributed by atoms with E-state index in [9.17, 15) is 4.79 Å². The number of nitrogens with zero attached hydrogens (tertiary/aromatic N) is 2. The first kappa shape index (κ1) is 20.8. The van der Waals surface area contributed by atoms with Gasteiger partial charge in [0, 0.05) is 50.0 Å². The summed E-state index contributed by atoms with van der Waals surface area (Å²) in [6.07, 6.45) is 0.800. The van der Waals surface area contributed by atoms with Crippen LogP contribution in [0.1, 0.15) is 11.1 Å². The molecule has 0 saturated carbocycles. The smallest absolute Gasteiger partial charge is 0.315 e. The summed E-state index contributed by atoms with van der Waals surface area (Å²) in [5.41, 5.74) is 3.61. The van der Waals surface area contributed by atoms with Crippen molar-refractivity contribution >= 4 is 23.3 Å². The van der Waals surface area contributed by atoms with E-state index in [0.29, 0.717) is 13.2 Å². The van der Waals surface area contributed by atoms with Crippen molar-refractivity contribution in [1.29, 1.82) is 0 Å². The fourth-order valence-electron chi connectivity index (χ4n) is 4.12. The van der Waals surface area contributed by atoms with Gasteiger partial charge in [-0.05, 0) is 42.7 Å². The third kappa shape index (κ3) is 5.18. The average molecular weight is 429 g/mol. The molecule has 0 aromatic heterocycles. The molecule has 1 unspecified atom stereocenters. The number of anilines is 1. The molecule has 1 saturated heterocycles. The van der Waals surface area contributed by atoms with E-state index in [1.165, 1.54) is 11.3 Å². The van der Waals surface area contributed by atoms with Gasteiger partial charge in [0.15, 0.2) is 0 Å². The Hall–Kier alpha value is -2.44. The van der Waals surface area contributed by atoms with Crippen molar-refractivity contribution in [2.75, 3.05) is 50.8 Å². The Morgan fingerprint density at radius 1 is 1.17 bits per heavy atom. The number of piperazine rings is 1. The summed E-state index contributed by atoms with van der Waals surface area (Å²) in [4.78, 5) is 17.0. The van der Waals surface area contributed by atoms with Crippen molar-refractivity contribution in [1.82, 2.24) is 15.5 Å². The lowest BCUT2D eigenvalue weighted by molar-refractivity contribution is 0.211. The van der Waals surface area contributed by atoms with Crippen LogP contribution in [-0.4, -0.2) is 62.8 Å². The van der Waals surface area contributed by atoms with E-state index < -0.39 is 0 Å². The van der Waals surface area contributed by atoms with Gasteiger partial charge in [-0.2, -0.15) is 0 Å². The second kappa shape index (κ2) is 9.58. The van der Waals surface area contributed by atoms with E-state index >= 15 is 0 Å². The predicted molar refractivity (Wildman–Crippen MR) is 121 cm³/mol. The van der Waals surface area contributed by atoms with Crippen LogP contribution in [-0.2, 0) is 6.42 Å². The fourth-order valence-corrected chi connectivity index (χ4v) is 4.29. The maximum absolute atomic E-state index is 12.3.